The lowest BCUT2D eigenvalue weighted by Crippen LogP contribution is -2.50. The highest BCUT2D eigenvalue weighted by molar-refractivity contribution is 5.76. The van der Waals surface area contributed by atoms with Crippen molar-refractivity contribution >= 4 is 5.91 Å². The molecule has 1 aliphatic heterocycles. The van der Waals surface area contributed by atoms with Gasteiger partial charge in [-0.25, -0.2) is 0 Å². The Morgan fingerprint density at radius 2 is 2.15 bits per heavy atom. The van der Waals surface area contributed by atoms with Crippen LogP contribution in [-0.2, 0) is 11.2 Å². The molecule has 0 unspecified atom stereocenters. The zero-order valence-electron chi connectivity index (χ0n) is 12.1. The molecular formula is C15H24N2O3. The number of hydrogen-bond acceptors (Lipinski definition) is 4. The molecule has 1 aromatic rings. The van der Waals surface area contributed by atoms with E-state index < -0.39 is 0 Å². The molecular weight excluding hydrogens is 256 g/mol. The van der Waals surface area contributed by atoms with Crippen molar-refractivity contribution in [2.24, 2.45) is 0 Å². The first-order valence-electron chi connectivity index (χ1n) is 7.39. The van der Waals surface area contributed by atoms with E-state index in [0.29, 0.717) is 19.4 Å². The summed E-state index contributed by atoms with van der Waals surface area (Å²) in [7, 11) is 0. The minimum absolute atomic E-state index is 0.192. The number of furan rings is 1. The first-order valence-corrected chi connectivity index (χ1v) is 7.39. The number of aryl methyl sites for hydroxylation is 1. The number of nitrogens with zero attached hydrogens (tertiary/aromatic N) is 2. The van der Waals surface area contributed by atoms with Crippen molar-refractivity contribution in [2.45, 2.75) is 32.3 Å². The number of carbonyl (C=O) groups is 1. The van der Waals surface area contributed by atoms with Gasteiger partial charge in [-0.3, -0.25) is 9.69 Å². The number of aliphatic hydroxyl groups is 1. The van der Waals surface area contributed by atoms with Gasteiger partial charge in [0.05, 0.1) is 12.4 Å². The van der Waals surface area contributed by atoms with Gasteiger partial charge in [0.1, 0.15) is 5.76 Å². The zero-order chi connectivity index (χ0) is 14.4. The summed E-state index contributed by atoms with van der Waals surface area (Å²) in [5, 5.41) is 9.64. The van der Waals surface area contributed by atoms with Crippen molar-refractivity contribution in [1.29, 1.82) is 0 Å². The van der Waals surface area contributed by atoms with Crippen LogP contribution < -0.4 is 0 Å². The smallest absolute Gasteiger partial charge is 0.223 e. The van der Waals surface area contributed by atoms with Crippen LogP contribution >= 0.6 is 0 Å². The summed E-state index contributed by atoms with van der Waals surface area (Å²) >= 11 is 0. The van der Waals surface area contributed by atoms with Gasteiger partial charge in [0.25, 0.3) is 0 Å². The molecule has 5 nitrogen and oxygen atoms in total. The van der Waals surface area contributed by atoms with Gasteiger partial charge in [-0.1, -0.05) is 6.92 Å². The van der Waals surface area contributed by atoms with E-state index in [4.69, 9.17) is 4.42 Å². The molecule has 2 heterocycles. The maximum atomic E-state index is 12.1. The van der Waals surface area contributed by atoms with Crippen LogP contribution in [0.1, 0.15) is 25.5 Å². The van der Waals surface area contributed by atoms with Gasteiger partial charge in [0.15, 0.2) is 0 Å². The third kappa shape index (κ3) is 4.35. The summed E-state index contributed by atoms with van der Waals surface area (Å²) in [5.41, 5.74) is 0. The Morgan fingerprint density at radius 3 is 2.75 bits per heavy atom. The number of aliphatic hydroxyl groups excluding tert-OH is 1. The van der Waals surface area contributed by atoms with Crippen LogP contribution in [0.3, 0.4) is 0 Å². The first kappa shape index (κ1) is 15.1. The van der Waals surface area contributed by atoms with Crippen LogP contribution in [0, 0.1) is 0 Å². The van der Waals surface area contributed by atoms with Crippen LogP contribution in [0.5, 0.6) is 0 Å². The molecule has 1 atom stereocenters. The molecule has 0 spiro atoms. The van der Waals surface area contributed by atoms with Gasteiger partial charge in [-0.2, -0.15) is 0 Å². The van der Waals surface area contributed by atoms with Gasteiger partial charge in [-0.15, -0.1) is 0 Å². The van der Waals surface area contributed by atoms with Gasteiger partial charge >= 0.3 is 0 Å². The molecule has 0 bridgehead atoms. The molecule has 0 radical (unpaired) electrons. The van der Waals surface area contributed by atoms with E-state index in [1.165, 1.54) is 0 Å². The summed E-state index contributed by atoms with van der Waals surface area (Å²) < 4.78 is 5.24. The lowest BCUT2D eigenvalue weighted by Gasteiger charge is -2.35. The Bertz CT molecular complexity index is 397. The van der Waals surface area contributed by atoms with Crippen LogP contribution in [-0.4, -0.2) is 59.6 Å². The average Bonchev–Trinajstić information content (AvgIpc) is 2.98. The molecule has 112 valence electrons. The summed E-state index contributed by atoms with van der Waals surface area (Å²) in [6.07, 6.45) is 3.34. The molecule has 1 aromatic heterocycles. The predicted molar refractivity (Wildman–Crippen MR) is 76.3 cm³/mol. The second kappa shape index (κ2) is 7.45. The summed E-state index contributed by atoms with van der Waals surface area (Å²) in [5.74, 6) is 1.06. The highest BCUT2D eigenvalue weighted by Gasteiger charge is 2.21. The zero-order valence-corrected chi connectivity index (χ0v) is 12.1. The molecule has 2 rings (SSSR count). The number of amides is 1. The number of β-amino-alcohol motifs (C(OH)–C–C–N with tert-alkyl or cyclic N) is 1. The number of hydrogen-bond donors (Lipinski definition) is 1. The molecule has 0 saturated carbocycles. The number of carbonyl (C=O) groups excluding carboxylic acids is 1. The van der Waals surface area contributed by atoms with E-state index >= 15 is 0 Å². The molecule has 1 fully saturated rings. The SMILES string of the molecule is CC[C@H](O)CN1CCN(C(=O)CCc2ccco2)CC1. The van der Waals surface area contributed by atoms with E-state index in [0.717, 1.165) is 38.4 Å². The lowest BCUT2D eigenvalue weighted by molar-refractivity contribution is -0.133. The third-order valence-corrected chi connectivity index (χ3v) is 3.83. The summed E-state index contributed by atoms with van der Waals surface area (Å²) in [4.78, 5) is 16.2. The molecule has 1 amide bonds. The van der Waals surface area contributed by atoms with E-state index in [2.05, 4.69) is 4.90 Å². The van der Waals surface area contributed by atoms with E-state index in [1.807, 2.05) is 24.0 Å². The predicted octanol–water partition coefficient (Wildman–Crippen LogP) is 1.13. The minimum atomic E-state index is -0.254. The van der Waals surface area contributed by atoms with Gasteiger partial charge in [0, 0.05) is 45.6 Å². The van der Waals surface area contributed by atoms with Crippen molar-refractivity contribution in [2.75, 3.05) is 32.7 Å². The Balaban J connectivity index is 1.69. The van der Waals surface area contributed by atoms with Crippen LogP contribution in [0.4, 0.5) is 0 Å². The summed E-state index contributed by atoms with van der Waals surface area (Å²) in [6.45, 7) is 5.91. The quantitative estimate of drug-likeness (QED) is 0.848. The van der Waals surface area contributed by atoms with Gasteiger partial charge in [-0.05, 0) is 18.6 Å². The molecule has 20 heavy (non-hydrogen) atoms. The molecule has 1 aliphatic rings. The molecule has 0 aromatic carbocycles. The Morgan fingerprint density at radius 1 is 1.40 bits per heavy atom. The first-order chi connectivity index (χ1) is 9.69. The maximum Gasteiger partial charge on any atom is 0.223 e. The fourth-order valence-corrected chi connectivity index (χ4v) is 2.45. The fourth-order valence-electron chi connectivity index (χ4n) is 2.45. The molecule has 1 N–H and O–H groups in total. The number of rotatable bonds is 6. The standard InChI is InChI=1S/C15H24N2O3/c1-2-13(18)12-16-7-9-17(10-8-16)15(19)6-5-14-4-3-11-20-14/h3-4,11,13,18H,2,5-10,12H2,1H3/t13-/m0/s1. The highest BCUT2D eigenvalue weighted by Crippen LogP contribution is 2.09. The van der Waals surface area contributed by atoms with Crippen LogP contribution in [0.15, 0.2) is 22.8 Å². The summed E-state index contributed by atoms with van der Waals surface area (Å²) in [6, 6.07) is 3.75. The van der Waals surface area contributed by atoms with E-state index in [-0.39, 0.29) is 12.0 Å². The van der Waals surface area contributed by atoms with Gasteiger partial charge in [0.2, 0.25) is 5.91 Å². The Labute approximate surface area is 120 Å². The maximum absolute atomic E-state index is 12.1. The van der Waals surface area contributed by atoms with Crippen molar-refractivity contribution in [1.82, 2.24) is 9.80 Å². The van der Waals surface area contributed by atoms with Crippen LogP contribution in [0.2, 0.25) is 0 Å². The second-order valence-corrected chi connectivity index (χ2v) is 5.32. The largest absolute Gasteiger partial charge is 0.469 e. The van der Waals surface area contributed by atoms with Crippen molar-refractivity contribution < 1.29 is 14.3 Å². The minimum Gasteiger partial charge on any atom is -0.469 e. The monoisotopic (exact) mass is 280 g/mol. The van der Waals surface area contributed by atoms with Crippen LogP contribution in [0.25, 0.3) is 0 Å². The van der Waals surface area contributed by atoms with Gasteiger partial charge < -0.3 is 14.4 Å². The fraction of sp³-hybridized carbons (Fsp3) is 0.667. The molecule has 1 saturated heterocycles. The Hall–Kier alpha value is -1.33. The van der Waals surface area contributed by atoms with Crippen molar-refractivity contribution in [3.63, 3.8) is 0 Å². The van der Waals surface area contributed by atoms with E-state index in [9.17, 15) is 9.90 Å². The normalized spacial score (nSPS) is 18.2. The Kier molecular flexibility index (Phi) is 5.61. The van der Waals surface area contributed by atoms with Crippen molar-refractivity contribution in [3.05, 3.63) is 24.2 Å². The second-order valence-electron chi connectivity index (χ2n) is 5.32. The molecule has 5 heteroatoms. The topological polar surface area (TPSA) is 56.9 Å². The van der Waals surface area contributed by atoms with E-state index in [1.54, 1.807) is 6.26 Å². The molecule has 0 aliphatic carbocycles. The number of piperazine rings is 1. The lowest BCUT2D eigenvalue weighted by atomic mass is 10.2. The highest BCUT2D eigenvalue weighted by atomic mass is 16.3. The average molecular weight is 280 g/mol. The third-order valence-electron chi connectivity index (χ3n) is 3.83. The van der Waals surface area contributed by atoms with Crippen molar-refractivity contribution in [3.8, 4) is 0 Å².